The molecule has 8 heteroatoms. The summed E-state index contributed by atoms with van der Waals surface area (Å²) in [4.78, 5) is 18.4. The van der Waals surface area contributed by atoms with E-state index in [4.69, 9.17) is 23.2 Å². The van der Waals surface area contributed by atoms with Gasteiger partial charge in [0.05, 0.1) is 21.0 Å². The molecule has 0 radical (unpaired) electrons. The number of thioether (sulfide) groups is 1. The molecule has 2 heterocycles. The number of hydrogen-bond donors (Lipinski definition) is 0. The largest absolute Gasteiger partial charge is 0.273 e. The van der Waals surface area contributed by atoms with Crippen LogP contribution in [0, 0.1) is 5.82 Å². The standard InChI is InChI=1S/C16H9Cl2FN2OS2/c17-8-3-1-5-10(19)13(8)15-21(12(22)7-23-15)16-20-11-6-2-4-9(18)14(11)24-16/h1-6,15H,7H2. The Hall–Kier alpha value is -1.34. The first kappa shape index (κ1) is 16.1. The maximum absolute atomic E-state index is 14.3. The summed E-state index contributed by atoms with van der Waals surface area (Å²) in [5.74, 6) is -0.308. The molecule has 122 valence electrons. The number of rotatable bonds is 2. The average Bonchev–Trinajstić information content (AvgIpc) is 3.12. The molecule has 0 aliphatic carbocycles. The molecule has 1 aliphatic heterocycles. The molecule has 1 saturated heterocycles. The van der Waals surface area contributed by atoms with Crippen molar-refractivity contribution in [3.05, 3.63) is 57.8 Å². The first-order chi connectivity index (χ1) is 11.6. The molecule has 0 saturated carbocycles. The van der Waals surface area contributed by atoms with E-state index in [1.54, 1.807) is 24.3 Å². The zero-order valence-corrected chi connectivity index (χ0v) is 15.1. The summed E-state index contributed by atoms with van der Waals surface area (Å²) in [5.41, 5.74) is 1.02. The van der Waals surface area contributed by atoms with E-state index in [1.807, 2.05) is 6.07 Å². The third-order valence-electron chi connectivity index (χ3n) is 3.68. The predicted molar refractivity (Wildman–Crippen MR) is 98.7 cm³/mol. The van der Waals surface area contributed by atoms with Crippen LogP contribution in [0.4, 0.5) is 9.52 Å². The quantitative estimate of drug-likeness (QED) is 0.569. The number of aromatic nitrogens is 1. The summed E-state index contributed by atoms with van der Waals surface area (Å²) in [6, 6.07) is 9.93. The average molecular weight is 399 g/mol. The van der Waals surface area contributed by atoms with Crippen molar-refractivity contribution >= 4 is 67.6 Å². The van der Waals surface area contributed by atoms with Crippen molar-refractivity contribution in [2.24, 2.45) is 0 Å². The number of amides is 1. The zero-order chi connectivity index (χ0) is 16.8. The molecule has 1 aliphatic rings. The summed E-state index contributed by atoms with van der Waals surface area (Å²) in [5, 5.41) is 0.838. The van der Waals surface area contributed by atoms with E-state index in [-0.39, 0.29) is 11.7 Å². The van der Waals surface area contributed by atoms with Crippen molar-refractivity contribution in [3.8, 4) is 0 Å². The van der Waals surface area contributed by atoms with Gasteiger partial charge in [-0.15, -0.1) is 11.8 Å². The lowest BCUT2D eigenvalue weighted by Gasteiger charge is -2.22. The molecule has 1 unspecified atom stereocenters. The van der Waals surface area contributed by atoms with Gasteiger partial charge in [0.1, 0.15) is 11.2 Å². The summed E-state index contributed by atoms with van der Waals surface area (Å²) in [6.07, 6.45) is 0. The highest BCUT2D eigenvalue weighted by atomic mass is 35.5. The molecular weight excluding hydrogens is 390 g/mol. The van der Waals surface area contributed by atoms with Crippen molar-refractivity contribution < 1.29 is 9.18 Å². The first-order valence-electron chi connectivity index (χ1n) is 6.99. The Balaban J connectivity index is 1.84. The number of hydrogen-bond acceptors (Lipinski definition) is 4. The summed E-state index contributed by atoms with van der Waals surface area (Å²) in [7, 11) is 0. The minimum atomic E-state index is -0.537. The summed E-state index contributed by atoms with van der Waals surface area (Å²) >= 11 is 15.0. The minimum Gasteiger partial charge on any atom is -0.273 e. The number of anilines is 1. The van der Waals surface area contributed by atoms with Gasteiger partial charge in [0, 0.05) is 10.6 Å². The van der Waals surface area contributed by atoms with Crippen molar-refractivity contribution in [3.63, 3.8) is 0 Å². The SMILES string of the molecule is O=C1CSC(c2c(F)cccc2Cl)N1c1nc2cccc(Cl)c2s1. The van der Waals surface area contributed by atoms with E-state index in [0.29, 0.717) is 26.3 Å². The number of halogens is 3. The molecular formula is C16H9Cl2FN2OS2. The number of fused-ring (bicyclic) bond motifs is 1. The molecule has 1 aromatic heterocycles. The fourth-order valence-corrected chi connectivity index (χ4v) is 5.51. The zero-order valence-electron chi connectivity index (χ0n) is 12.0. The normalized spacial score (nSPS) is 17.9. The summed E-state index contributed by atoms with van der Waals surface area (Å²) < 4.78 is 15.1. The van der Waals surface area contributed by atoms with Gasteiger partial charge < -0.3 is 0 Å². The van der Waals surface area contributed by atoms with Gasteiger partial charge in [-0.3, -0.25) is 9.69 Å². The fraction of sp³-hybridized carbons (Fsp3) is 0.125. The lowest BCUT2D eigenvalue weighted by atomic mass is 10.2. The van der Waals surface area contributed by atoms with Crippen molar-refractivity contribution in [2.45, 2.75) is 5.37 Å². The monoisotopic (exact) mass is 398 g/mol. The van der Waals surface area contributed by atoms with Crippen LogP contribution in [-0.2, 0) is 4.79 Å². The molecule has 1 fully saturated rings. The molecule has 2 aromatic carbocycles. The van der Waals surface area contributed by atoms with Crippen LogP contribution in [0.5, 0.6) is 0 Å². The van der Waals surface area contributed by atoms with Crippen LogP contribution in [0.25, 0.3) is 10.2 Å². The highest BCUT2D eigenvalue weighted by Crippen LogP contribution is 2.47. The van der Waals surface area contributed by atoms with Crippen LogP contribution in [0.2, 0.25) is 10.0 Å². The highest BCUT2D eigenvalue weighted by molar-refractivity contribution is 8.00. The van der Waals surface area contributed by atoms with Gasteiger partial charge >= 0.3 is 0 Å². The topological polar surface area (TPSA) is 33.2 Å². The first-order valence-corrected chi connectivity index (χ1v) is 9.61. The van der Waals surface area contributed by atoms with Crippen LogP contribution in [-0.4, -0.2) is 16.6 Å². The number of carbonyl (C=O) groups is 1. The van der Waals surface area contributed by atoms with Gasteiger partial charge in [-0.1, -0.05) is 46.7 Å². The Labute approximate surface area is 155 Å². The predicted octanol–water partition coefficient (Wildman–Crippen LogP) is 5.52. The fourth-order valence-electron chi connectivity index (χ4n) is 2.60. The number of nitrogens with zero attached hydrogens (tertiary/aromatic N) is 2. The lowest BCUT2D eigenvalue weighted by Crippen LogP contribution is -2.28. The van der Waals surface area contributed by atoms with Gasteiger partial charge in [-0.05, 0) is 24.3 Å². The Morgan fingerprint density at radius 3 is 2.67 bits per heavy atom. The smallest absolute Gasteiger partial charge is 0.240 e. The third kappa shape index (κ3) is 2.58. The second kappa shape index (κ2) is 6.19. The number of thiazole rings is 1. The molecule has 1 atom stereocenters. The Kier molecular flexibility index (Phi) is 4.16. The lowest BCUT2D eigenvalue weighted by molar-refractivity contribution is -0.115. The van der Waals surface area contributed by atoms with Crippen LogP contribution >= 0.6 is 46.3 Å². The molecule has 0 N–H and O–H groups in total. The molecule has 0 bridgehead atoms. The van der Waals surface area contributed by atoms with Gasteiger partial charge in [0.15, 0.2) is 5.13 Å². The Bertz CT molecular complexity index is 942. The van der Waals surface area contributed by atoms with Crippen LogP contribution < -0.4 is 4.90 Å². The second-order valence-corrected chi connectivity index (χ2v) is 8.01. The van der Waals surface area contributed by atoms with Gasteiger partial charge in [0.2, 0.25) is 5.91 Å². The van der Waals surface area contributed by atoms with Crippen molar-refractivity contribution in [1.29, 1.82) is 0 Å². The molecule has 1 amide bonds. The van der Waals surface area contributed by atoms with E-state index in [2.05, 4.69) is 4.98 Å². The maximum atomic E-state index is 14.3. The van der Waals surface area contributed by atoms with E-state index in [0.717, 1.165) is 4.70 Å². The van der Waals surface area contributed by atoms with E-state index < -0.39 is 11.2 Å². The Morgan fingerprint density at radius 1 is 1.17 bits per heavy atom. The molecule has 24 heavy (non-hydrogen) atoms. The number of benzene rings is 2. The maximum Gasteiger partial charge on any atom is 0.240 e. The third-order valence-corrected chi connectivity index (χ3v) is 6.71. The Morgan fingerprint density at radius 2 is 1.92 bits per heavy atom. The minimum absolute atomic E-state index is 0.125. The molecule has 0 spiro atoms. The summed E-state index contributed by atoms with van der Waals surface area (Å²) in [6.45, 7) is 0. The highest BCUT2D eigenvalue weighted by Gasteiger charge is 2.38. The van der Waals surface area contributed by atoms with E-state index >= 15 is 0 Å². The van der Waals surface area contributed by atoms with Crippen LogP contribution in [0.1, 0.15) is 10.9 Å². The molecule has 4 rings (SSSR count). The number of carbonyl (C=O) groups excluding carboxylic acids is 1. The van der Waals surface area contributed by atoms with E-state index in [9.17, 15) is 9.18 Å². The van der Waals surface area contributed by atoms with Gasteiger partial charge in [-0.2, -0.15) is 0 Å². The van der Waals surface area contributed by atoms with Gasteiger partial charge in [0.25, 0.3) is 0 Å². The van der Waals surface area contributed by atoms with Crippen LogP contribution in [0.15, 0.2) is 36.4 Å². The molecule has 3 nitrogen and oxygen atoms in total. The van der Waals surface area contributed by atoms with Crippen molar-refractivity contribution in [1.82, 2.24) is 4.98 Å². The van der Waals surface area contributed by atoms with Gasteiger partial charge in [-0.25, -0.2) is 9.37 Å². The van der Waals surface area contributed by atoms with Crippen molar-refractivity contribution in [2.75, 3.05) is 10.7 Å². The molecule has 3 aromatic rings. The van der Waals surface area contributed by atoms with Crippen LogP contribution in [0.3, 0.4) is 0 Å². The van der Waals surface area contributed by atoms with E-state index in [1.165, 1.54) is 34.1 Å². The second-order valence-electron chi connectivity index (χ2n) is 5.15.